The number of nitrogens with two attached hydrogens (primary N) is 3. The van der Waals surface area contributed by atoms with Gasteiger partial charge < -0.3 is 16.2 Å². The maximum absolute atomic E-state index is 5.38. The second-order valence-electron chi connectivity index (χ2n) is 2.17. The number of hydrogen-bond donors (Lipinski definition) is 4. The van der Waals surface area contributed by atoms with Gasteiger partial charge in [0, 0.05) is 5.25 Å². The van der Waals surface area contributed by atoms with E-state index in [0.29, 0.717) is 6.04 Å². The van der Waals surface area contributed by atoms with E-state index in [1.54, 1.807) is 0 Å². The Morgan fingerprint density at radius 1 is 1.50 bits per heavy atom. The monoisotopic (exact) mass is 151 g/mol. The van der Waals surface area contributed by atoms with Gasteiger partial charge in [0.2, 0.25) is 0 Å². The molecule has 0 aliphatic heterocycles. The average molecular weight is 151 g/mol. The highest BCUT2D eigenvalue weighted by molar-refractivity contribution is 7.81. The summed E-state index contributed by atoms with van der Waals surface area (Å²) in [6.45, 7) is 1.93. The fourth-order valence-corrected chi connectivity index (χ4v) is 2.48. The lowest BCUT2D eigenvalue weighted by Crippen LogP contribution is -2.65. The van der Waals surface area contributed by atoms with Crippen LogP contribution in [0, 0.1) is 0 Å². The highest BCUT2D eigenvalue weighted by Gasteiger charge is 2.18. The van der Waals surface area contributed by atoms with E-state index in [1.807, 2.05) is 6.92 Å². The normalized spacial score (nSPS) is 16.1. The third-order valence-corrected chi connectivity index (χ3v) is 2.49. The van der Waals surface area contributed by atoms with E-state index in [1.165, 1.54) is 0 Å². The third-order valence-electron chi connectivity index (χ3n) is 0.649. The van der Waals surface area contributed by atoms with Crippen molar-refractivity contribution in [3.8, 4) is 0 Å². The first-order chi connectivity index (χ1) is 3.42. The molecule has 0 saturated heterocycles. The van der Waals surface area contributed by atoms with Crippen molar-refractivity contribution in [2.24, 2.45) is 16.2 Å². The molecule has 50 valence electrons. The molecule has 6 N–H and O–H groups in total. The van der Waals surface area contributed by atoms with Gasteiger partial charge >= 0.3 is 0 Å². The molecule has 0 fully saturated rings. The lowest BCUT2D eigenvalue weighted by Gasteiger charge is -2.15. The smallest absolute Gasteiger partial charge is 0.274 e. The van der Waals surface area contributed by atoms with E-state index in [2.05, 4.69) is 12.6 Å². The summed E-state index contributed by atoms with van der Waals surface area (Å²) in [5.74, 6) is 0. The van der Waals surface area contributed by atoms with Gasteiger partial charge in [0.25, 0.3) is 8.56 Å². The molecule has 0 rings (SSSR count). The molecule has 0 aliphatic rings. The van der Waals surface area contributed by atoms with Crippen LogP contribution in [0.15, 0.2) is 0 Å². The minimum Gasteiger partial charge on any atom is -0.327 e. The highest BCUT2D eigenvalue weighted by Crippen LogP contribution is 2.01. The van der Waals surface area contributed by atoms with Gasteiger partial charge in [0.1, 0.15) is 0 Å². The number of hydrogen-bond acceptors (Lipinski definition) is 4. The zero-order valence-electron chi connectivity index (χ0n) is 4.96. The Morgan fingerprint density at radius 3 is 1.88 bits per heavy atom. The van der Waals surface area contributed by atoms with Crippen LogP contribution < -0.4 is 16.2 Å². The lowest BCUT2D eigenvalue weighted by molar-refractivity contribution is 1.05. The molecule has 0 spiro atoms. The van der Waals surface area contributed by atoms with E-state index >= 15 is 0 Å². The maximum atomic E-state index is 5.38. The van der Waals surface area contributed by atoms with Crippen LogP contribution in [-0.2, 0) is 0 Å². The summed E-state index contributed by atoms with van der Waals surface area (Å²) in [6.07, 6.45) is 0. The summed E-state index contributed by atoms with van der Waals surface area (Å²) in [7, 11) is -2.30. The van der Waals surface area contributed by atoms with Gasteiger partial charge in [-0.3, -0.25) is 0 Å². The van der Waals surface area contributed by atoms with Crippen LogP contribution in [0.2, 0.25) is 6.04 Å². The largest absolute Gasteiger partial charge is 0.327 e. The molecule has 0 aromatic rings. The molecule has 1 atom stereocenters. The van der Waals surface area contributed by atoms with Crippen LogP contribution in [-0.4, -0.2) is 13.8 Å². The van der Waals surface area contributed by atoms with Crippen molar-refractivity contribution in [3.05, 3.63) is 0 Å². The molecule has 0 amide bonds. The summed E-state index contributed by atoms with van der Waals surface area (Å²) in [5, 5.41) is 16.4. The van der Waals surface area contributed by atoms with Crippen molar-refractivity contribution < 1.29 is 0 Å². The van der Waals surface area contributed by atoms with Crippen LogP contribution in [0.25, 0.3) is 0 Å². The summed E-state index contributed by atoms with van der Waals surface area (Å²) in [5.41, 5.74) is 0. The van der Waals surface area contributed by atoms with Crippen molar-refractivity contribution in [1.29, 1.82) is 0 Å². The quantitative estimate of drug-likeness (QED) is 0.306. The van der Waals surface area contributed by atoms with E-state index in [9.17, 15) is 0 Å². The van der Waals surface area contributed by atoms with Crippen molar-refractivity contribution in [1.82, 2.24) is 0 Å². The number of thiol groups is 1. The van der Waals surface area contributed by atoms with Crippen molar-refractivity contribution in [2.75, 3.05) is 0 Å². The highest BCUT2D eigenvalue weighted by atomic mass is 32.1. The van der Waals surface area contributed by atoms with Crippen LogP contribution in [0.5, 0.6) is 0 Å². The van der Waals surface area contributed by atoms with E-state index in [4.69, 9.17) is 16.2 Å². The Labute approximate surface area is 56.3 Å². The molecule has 0 aromatic heterocycles. The van der Waals surface area contributed by atoms with Gasteiger partial charge in [-0.25, -0.2) is 0 Å². The average Bonchev–Trinajstić information content (AvgIpc) is 1.21. The van der Waals surface area contributed by atoms with Gasteiger partial charge in [-0.2, -0.15) is 12.6 Å². The van der Waals surface area contributed by atoms with Crippen LogP contribution >= 0.6 is 12.6 Å². The molecular weight excluding hydrogens is 138 g/mol. The van der Waals surface area contributed by atoms with Gasteiger partial charge in [0.05, 0.1) is 0 Å². The molecule has 5 heteroatoms. The Balaban J connectivity index is 3.39. The Morgan fingerprint density at radius 2 is 1.88 bits per heavy atom. The predicted molar refractivity (Wildman–Crippen MR) is 41.6 cm³/mol. The third kappa shape index (κ3) is 6.45. The first-order valence-electron chi connectivity index (χ1n) is 2.46. The topological polar surface area (TPSA) is 78.1 Å². The molecule has 0 radical (unpaired) electrons. The SMILES string of the molecule is CC(S)C[Si](N)(N)N. The molecule has 0 heterocycles. The fourth-order valence-electron chi connectivity index (χ4n) is 0.512. The Bertz CT molecular complexity index is 69.4. The molecule has 1 unspecified atom stereocenters. The zero-order chi connectivity index (χ0) is 6.78. The molecule has 3 nitrogen and oxygen atoms in total. The van der Waals surface area contributed by atoms with Crippen molar-refractivity contribution in [3.63, 3.8) is 0 Å². The second kappa shape index (κ2) is 2.84. The van der Waals surface area contributed by atoms with Crippen LogP contribution in [0.4, 0.5) is 0 Å². The first-order valence-corrected chi connectivity index (χ1v) is 5.42. The first kappa shape index (κ1) is 8.45. The zero-order valence-corrected chi connectivity index (χ0v) is 6.86. The minimum atomic E-state index is -2.30. The van der Waals surface area contributed by atoms with Crippen molar-refractivity contribution in [2.45, 2.75) is 18.2 Å². The summed E-state index contributed by atoms with van der Waals surface area (Å²) in [6, 6.07) is 0.663. The Hall–Kier alpha value is 0.447. The Kier molecular flexibility index (Phi) is 2.99. The van der Waals surface area contributed by atoms with Crippen molar-refractivity contribution >= 4 is 21.2 Å². The second-order valence-corrected chi connectivity index (χ2v) is 5.68. The lowest BCUT2D eigenvalue weighted by atomic mass is 10.6. The fraction of sp³-hybridized carbons (Fsp3) is 1.00. The van der Waals surface area contributed by atoms with E-state index < -0.39 is 8.56 Å². The maximum Gasteiger partial charge on any atom is 0.274 e. The van der Waals surface area contributed by atoms with Gasteiger partial charge in [-0.15, -0.1) is 0 Å². The van der Waals surface area contributed by atoms with Crippen LogP contribution in [0.3, 0.4) is 0 Å². The van der Waals surface area contributed by atoms with Gasteiger partial charge in [-0.05, 0) is 6.04 Å². The van der Waals surface area contributed by atoms with Crippen LogP contribution in [0.1, 0.15) is 6.92 Å². The van der Waals surface area contributed by atoms with E-state index in [-0.39, 0.29) is 5.25 Å². The number of rotatable bonds is 2. The molecular formula is C3H13N3SSi. The van der Waals surface area contributed by atoms with Gasteiger partial charge in [-0.1, -0.05) is 6.92 Å². The van der Waals surface area contributed by atoms with Gasteiger partial charge in [0.15, 0.2) is 0 Å². The molecule has 0 saturated carbocycles. The minimum absolute atomic E-state index is 0.224. The molecule has 0 bridgehead atoms. The molecule has 0 aromatic carbocycles. The van der Waals surface area contributed by atoms with E-state index in [0.717, 1.165) is 0 Å². The summed E-state index contributed by atoms with van der Waals surface area (Å²) < 4.78 is 0. The molecule has 8 heavy (non-hydrogen) atoms. The summed E-state index contributed by atoms with van der Waals surface area (Å²) in [4.78, 5) is 0. The summed E-state index contributed by atoms with van der Waals surface area (Å²) >= 11 is 4.09. The predicted octanol–water partition coefficient (Wildman–Crippen LogP) is -0.880. The standard InChI is InChI=1S/C3H13N3SSi/c1-3(7)2-8(4,5)6/h3,7H,2,4-6H2,1H3. The molecule has 0 aliphatic carbocycles.